The summed E-state index contributed by atoms with van der Waals surface area (Å²) in [5.41, 5.74) is 1.46. The minimum absolute atomic E-state index is 0.00545. The summed E-state index contributed by atoms with van der Waals surface area (Å²) in [4.78, 5) is 21.8. The van der Waals surface area contributed by atoms with E-state index in [2.05, 4.69) is 20.6 Å². The molecular weight excluding hydrogens is 456 g/mol. The molecule has 0 unspecified atom stereocenters. The molecule has 1 aromatic heterocycles. The smallest absolute Gasteiger partial charge is 0.233 e. The van der Waals surface area contributed by atoms with Crippen LogP contribution in [0.4, 0.5) is 11.5 Å². The van der Waals surface area contributed by atoms with E-state index >= 15 is 0 Å². The maximum atomic E-state index is 12.6. The van der Waals surface area contributed by atoms with Crippen molar-refractivity contribution in [2.24, 2.45) is 0 Å². The van der Waals surface area contributed by atoms with Crippen molar-refractivity contribution in [2.45, 2.75) is 29.8 Å². The topological polar surface area (TPSA) is 101 Å². The first-order valence-electron chi connectivity index (χ1n) is 9.76. The molecule has 31 heavy (non-hydrogen) atoms. The van der Waals surface area contributed by atoms with Crippen LogP contribution in [-0.4, -0.2) is 47.1 Å². The lowest BCUT2D eigenvalue weighted by atomic mass is 10.2. The van der Waals surface area contributed by atoms with E-state index < -0.39 is 15.1 Å². The fourth-order valence-electron chi connectivity index (χ4n) is 3.33. The number of carbonyl (C=O) groups excluding carboxylic acids is 1. The van der Waals surface area contributed by atoms with Gasteiger partial charge in [0, 0.05) is 11.4 Å². The largest absolute Gasteiger partial charge is 0.351 e. The van der Waals surface area contributed by atoms with Crippen molar-refractivity contribution in [2.75, 3.05) is 16.8 Å². The van der Waals surface area contributed by atoms with E-state index in [4.69, 9.17) is 11.6 Å². The summed E-state index contributed by atoms with van der Waals surface area (Å²) in [6, 6.07) is 14.6. The molecular formula is C21H21ClN4O3S2. The number of anilines is 2. The minimum Gasteiger partial charge on any atom is -0.351 e. The number of hydrogen-bond acceptors (Lipinski definition) is 7. The van der Waals surface area contributed by atoms with E-state index in [1.54, 1.807) is 13.0 Å². The van der Waals surface area contributed by atoms with Crippen molar-refractivity contribution in [3.63, 3.8) is 0 Å². The summed E-state index contributed by atoms with van der Waals surface area (Å²) in [6.07, 6.45) is 0.448. The van der Waals surface area contributed by atoms with Crippen LogP contribution in [0.25, 0.3) is 10.9 Å². The number of carbonyl (C=O) groups is 1. The first kappa shape index (κ1) is 21.9. The molecule has 2 aromatic carbocycles. The number of benzene rings is 2. The van der Waals surface area contributed by atoms with E-state index in [-0.39, 0.29) is 23.5 Å². The van der Waals surface area contributed by atoms with Crippen LogP contribution in [0.1, 0.15) is 13.3 Å². The number of para-hydroxylation sites is 2. The third-order valence-corrected chi connectivity index (χ3v) is 8.00. The van der Waals surface area contributed by atoms with Crippen molar-refractivity contribution < 1.29 is 13.2 Å². The Hall–Kier alpha value is -2.36. The molecule has 0 saturated carbocycles. The zero-order chi connectivity index (χ0) is 22.0. The van der Waals surface area contributed by atoms with Gasteiger partial charge >= 0.3 is 0 Å². The van der Waals surface area contributed by atoms with Crippen molar-refractivity contribution in [3.8, 4) is 0 Å². The normalized spacial score (nSPS) is 18.6. The molecule has 0 aliphatic carbocycles. The Morgan fingerprint density at radius 2 is 1.90 bits per heavy atom. The summed E-state index contributed by atoms with van der Waals surface area (Å²) < 4.78 is 23.3. The Morgan fingerprint density at radius 3 is 2.65 bits per heavy atom. The van der Waals surface area contributed by atoms with Gasteiger partial charge in [0.05, 0.1) is 33.0 Å². The van der Waals surface area contributed by atoms with E-state index in [9.17, 15) is 13.2 Å². The van der Waals surface area contributed by atoms with E-state index in [1.165, 1.54) is 11.8 Å². The molecule has 2 N–H and O–H groups in total. The van der Waals surface area contributed by atoms with Crippen molar-refractivity contribution in [3.05, 3.63) is 53.6 Å². The molecule has 7 nitrogen and oxygen atoms in total. The maximum absolute atomic E-state index is 12.6. The molecule has 3 aromatic rings. The van der Waals surface area contributed by atoms with Gasteiger partial charge in [-0.1, -0.05) is 47.6 Å². The van der Waals surface area contributed by atoms with Crippen LogP contribution < -0.4 is 10.6 Å². The second-order valence-corrected chi connectivity index (χ2v) is 11.3. The van der Waals surface area contributed by atoms with E-state index in [0.717, 1.165) is 16.6 Å². The molecule has 162 valence electrons. The van der Waals surface area contributed by atoms with E-state index in [0.29, 0.717) is 22.4 Å². The molecule has 0 spiro atoms. The van der Waals surface area contributed by atoms with Crippen molar-refractivity contribution in [1.29, 1.82) is 0 Å². The number of thioether (sulfide) groups is 1. The number of hydrogen-bond donors (Lipinski definition) is 2. The monoisotopic (exact) mass is 476 g/mol. The van der Waals surface area contributed by atoms with Crippen molar-refractivity contribution in [1.82, 2.24) is 15.3 Å². The van der Waals surface area contributed by atoms with Gasteiger partial charge in [-0.15, -0.1) is 0 Å². The third kappa shape index (κ3) is 5.28. The number of halogens is 1. The first-order chi connectivity index (χ1) is 14.8. The minimum atomic E-state index is -3.05. The molecule has 0 bridgehead atoms. The maximum Gasteiger partial charge on any atom is 0.233 e. The Balaban J connectivity index is 1.55. The highest BCUT2D eigenvalue weighted by Crippen LogP contribution is 2.31. The Morgan fingerprint density at radius 1 is 1.16 bits per heavy atom. The molecule has 4 rings (SSSR count). The zero-order valence-corrected chi connectivity index (χ0v) is 19.1. The number of amides is 1. The molecule has 2 atom stereocenters. The van der Waals surface area contributed by atoms with E-state index in [1.807, 2.05) is 42.5 Å². The van der Waals surface area contributed by atoms with Gasteiger partial charge in [0.1, 0.15) is 5.82 Å². The number of nitrogens with one attached hydrogen (secondary N) is 2. The average molecular weight is 477 g/mol. The fourth-order valence-corrected chi connectivity index (χ4v) is 5.98. The SMILES string of the molecule is C[C@H](Sc1nc(Nc2ccccc2Cl)c2ccccc2n1)C(=O)N[C@@H]1CCS(=O)(=O)C1. The molecule has 10 heteroatoms. The average Bonchev–Trinajstić information content (AvgIpc) is 3.07. The molecule has 1 aliphatic rings. The second kappa shape index (κ2) is 9.02. The molecule has 0 radical (unpaired) electrons. The summed E-state index contributed by atoms with van der Waals surface area (Å²) in [5.74, 6) is 0.471. The van der Waals surface area contributed by atoms with Crippen LogP contribution in [-0.2, 0) is 14.6 Å². The van der Waals surface area contributed by atoms with Gasteiger partial charge in [0.25, 0.3) is 0 Å². The predicted molar refractivity (Wildman–Crippen MR) is 125 cm³/mol. The predicted octanol–water partition coefficient (Wildman–Crippen LogP) is 3.81. The number of sulfone groups is 1. The second-order valence-electron chi connectivity index (χ2n) is 7.35. The van der Waals surface area contributed by atoms with Crippen LogP contribution in [0.2, 0.25) is 5.02 Å². The highest BCUT2D eigenvalue weighted by Gasteiger charge is 2.30. The van der Waals surface area contributed by atoms with Crippen LogP contribution in [0.15, 0.2) is 53.7 Å². The summed E-state index contributed by atoms with van der Waals surface area (Å²) in [5, 5.41) is 7.44. The third-order valence-electron chi connectivity index (χ3n) is 4.94. The van der Waals surface area contributed by atoms with Gasteiger partial charge in [0.15, 0.2) is 15.0 Å². The number of nitrogens with zero attached hydrogens (tertiary/aromatic N) is 2. The molecule has 1 fully saturated rings. The summed E-state index contributed by atoms with van der Waals surface area (Å²) in [6.45, 7) is 1.75. The van der Waals surface area contributed by atoms with Crippen LogP contribution in [0.5, 0.6) is 0 Å². The number of rotatable bonds is 6. The highest BCUT2D eigenvalue weighted by atomic mass is 35.5. The highest BCUT2D eigenvalue weighted by molar-refractivity contribution is 8.00. The molecule has 1 saturated heterocycles. The number of fused-ring (bicyclic) bond motifs is 1. The van der Waals surface area contributed by atoms with Gasteiger partial charge in [-0.2, -0.15) is 0 Å². The fraction of sp³-hybridized carbons (Fsp3) is 0.286. The van der Waals surface area contributed by atoms with Gasteiger partial charge in [-0.25, -0.2) is 18.4 Å². The lowest BCUT2D eigenvalue weighted by Gasteiger charge is -2.16. The standard InChI is InChI=1S/C21H21ClN4O3S2/c1-13(20(27)23-14-10-11-31(28,29)12-14)30-21-25-17-8-4-2-6-15(17)19(26-21)24-18-9-5-3-7-16(18)22/h2-9,13-14H,10-12H2,1H3,(H,23,27)(H,24,25,26)/t13-,14+/m0/s1. The Labute approximate surface area is 189 Å². The Bertz CT molecular complexity index is 1240. The van der Waals surface area contributed by atoms with Gasteiger partial charge < -0.3 is 10.6 Å². The summed E-state index contributed by atoms with van der Waals surface area (Å²) in [7, 11) is -3.05. The quantitative estimate of drug-likeness (QED) is 0.412. The van der Waals surface area contributed by atoms with Crippen molar-refractivity contribution >= 4 is 61.5 Å². The van der Waals surface area contributed by atoms with Gasteiger partial charge in [-0.05, 0) is 37.6 Å². The molecule has 1 aliphatic heterocycles. The first-order valence-corrected chi connectivity index (χ1v) is 12.8. The van der Waals surface area contributed by atoms with Gasteiger partial charge in [0.2, 0.25) is 5.91 Å². The Kier molecular flexibility index (Phi) is 6.36. The van der Waals surface area contributed by atoms with Crippen LogP contribution in [0, 0.1) is 0 Å². The van der Waals surface area contributed by atoms with Gasteiger partial charge in [-0.3, -0.25) is 4.79 Å². The summed E-state index contributed by atoms with van der Waals surface area (Å²) >= 11 is 7.51. The lowest BCUT2D eigenvalue weighted by Crippen LogP contribution is -2.40. The lowest BCUT2D eigenvalue weighted by molar-refractivity contribution is -0.120. The number of aromatic nitrogens is 2. The molecule has 2 heterocycles. The van der Waals surface area contributed by atoms with Crippen LogP contribution in [0.3, 0.4) is 0 Å². The zero-order valence-electron chi connectivity index (χ0n) is 16.7. The van der Waals surface area contributed by atoms with Crippen LogP contribution >= 0.6 is 23.4 Å². The molecule has 1 amide bonds.